The molecular formula is C33H36N8O4S. The Morgan fingerprint density at radius 2 is 1.91 bits per heavy atom. The second-order valence-corrected chi connectivity index (χ2v) is 13.5. The highest BCUT2D eigenvalue weighted by Crippen LogP contribution is 2.36. The zero-order valence-corrected chi connectivity index (χ0v) is 27.2. The molecule has 2 amide bonds. The van der Waals surface area contributed by atoms with Crippen molar-refractivity contribution in [3.05, 3.63) is 94.3 Å². The van der Waals surface area contributed by atoms with Gasteiger partial charge in [-0.05, 0) is 65.2 Å². The molecule has 5 aromatic rings. The number of aryl methyl sites for hydroxylation is 1. The standard InChI is InChI=1S/C33H36N8O4S/c1-21-19-46-28(35-21)25-12-9-14-41(25)29(42)23-16-24(36-26(17-23)40-15-13-34-20-40)27-38-39-30(44-27)33(5,18-22-10-7-6-8-11-22)37-31(43)45-32(2,3)4/h6-8,10-11,13,15-17,19-20,25H,9,12,14,18H2,1-5H3,(H,37,43). The van der Waals surface area contributed by atoms with Crippen LogP contribution in [-0.2, 0) is 16.7 Å². The summed E-state index contributed by atoms with van der Waals surface area (Å²) in [5.41, 5.74) is 0.806. The monoisotopic (exact) mass is 640 g/mol. The number of carbonyl (C=O) groups is 2. The summed E-state index contributed by atoms with van der Waals surface area (Å²) in [4.78, 5) is 42.5. The van der Waals surface area contributed by atoms with Crippen LogP contribution in [0.25, 0.3) is 17.4 Å². The molecule has 0 radical (unpaired) electrons. The van der Waals surface area contributed by atoms with Crippen LogP contribution in [0.2, 0.25) is 0 Å². The lowest BCUT2D eigenvalue weighted by Crippen LogP contribution is -2.47. The third kappa shape index (κ3) is 6.84. The average molecular weight is 641 g/mol. The van der Waals surface area contributed by atoms with Crippen LogP contribution >= 0.6 is 11.3 Å². The van der Waals surface area contributed by atoms with Crippen molar-refractivity contribution < 1.29 is 18.7 Å². The summed E-state index contributed by atoms with van der Waals surface area (Å²) in [5, 5.41) is 14.6. The summed E-state index contributed by atoms with van der Waals surface area (Å²) in [6.45, 7) is 9.78. The molecule has 0 aliphatic carbocycles. The maximum Gasteiger partial charge on any atom is 0.408 e. The zero-order valence-electron chi connectivity index (χ0n) is 26.4. The molecule has 4 aromatic heterocycles. The number of hydrogen-bond donors (Lipinski definition) is 1. The molecule has 1 N–H and O–H groups in total. The quantitative estimate of drug-likeness (QED) is 0.215. The van der Waals surface area contributed by atoms with Crippen molar-refractivity contribution >= 4 is 23.3 Å². The van der Waals surface area contributed by atoms with Crippen LogP contribution in [0, 0.1) is 6.92 Å². The SMILES string of the molecule is Cc1csc(C2CCCN2C(=O)c2cc(-c3nnc(C(C)(Cc4ccccc4)NC(=O)OC(C)(C)C)o3)nc(-n3ccnc3)c2)n1. The molecule has 2 atom stereocenters. The summed E-state index contributed by atoms with van der Waals surface area (Å²) >= 11 is 1.57. The van der Waals surface area contributed by atoms with Gasteiger partial charge in [0.2, 0.25) is 5.89 Å². The lowest BCUT2D eigenvalue weighted by Gasteiger charge is -2.29. The smallest absolute Gasteiger partial charge is 0.408 e. The van der Waals surface area contributed by atoms with Crippen molar-refractivity contribution in [1.82, 2.24) is 39.9 Å². The molecule has 13 heteroatoms. The highest BCUT2D eigenvalue weighted by molar-refractivity contribution is 7.09. The number of imidazole rings is 1. The van der Waals surface area contributed by atoms with E-state index in [4.69, 9.17) is 14.1 Å². The van der Waals surface area contributed by atoms with Crippen LogP contribution in [0.3, 0.4) is 0 Å². The van der Waals surface area contributed by atoms with Gasteiger partial charge >= 0.3 is 6.09 Å². The highest BCUT2D eigenvalue weighted by Gasteiger charge is 2.37. The third-order valence-corrected chi connectivity index (χ3v) is 8.62. The minimum Gasteiger partial charge on any atom is -0.444 e. The number of pyridine rings is 1. The van der Waals surface area contributed by atoms with E-state index >= 15 is 0 Å². The minimum atomic E-state index is -1.12. The van der Waals surface area contributed by atoms with Gasteiger partial charge < -0.3 is 19.4 Å². The van der Waals surface area contributed by atoms with Gasteiger partial charge in [-0.15, -0.1) is 21.5 Å². The molecule has 5 heterocycles. The molecule has 6 rings (SSSR count). The van der Waals surface area contributed by atoms with Gasteiger partial charge in [0.25, 0.3) is 11.8 Å². The van der Waals surface area contributed by atoms with Gasteiger partial charge in [-0.25, -0.2) is 19.7 Å². The van der Waals surface area contributed by atoms with E-state index in [1.165, 1.54) is 0 Å². The summed E-state index contributed by atoms with van der Waals surface area (Å²) in [7, 11) is 0. The number of nitrogens with one attached hydrogen (secondary N) is 1. The molecule has 1 saturated heterocycles. The fraction of sp³-hybridized carbons (Fsp3) is 0.364. The van der Waals surface area contributed by atoms with E-state index in [0.29, 0.717) is 30.0 Å². The van der Waals surface area contributed by atoms with Gasteiger partial charge in [-0.1, -0.05) is 30.3 Å². The summed E-state index contributed by atoms with van der Waals surface area (Å²) in [5.74, 6) is 0.599. The molecule has 2 unspecified atom stereocenters. The first kappa shape index (κ1) is 31.1. The van der Waals surface area contributed by atoms with Crippen LogP contribution in [0.1, 0.15) is 79.1 Å². The van der Waals surface area contributed by atoms with Gasteiger partial charge in [0.05, 0.1) is 6.04 Å². The van der Waals surface area contributed by atoms with E-state index < -0.39 is 17.2 Å². The van der Waals surface area contributed by atoms with Crippen molar-refractivity contribution in [3.8, 4) is 17.4 Å². The maximum atomic E-state index is 14.1. The Hall–Kier alpha value is -4.91. The van der Waals surface area contributed by atoms with Crippen LogP contribution < -0.4 is 5.32 Å². The van der Waals surface area contributed by atoms with E-state index in [1.54, 1.807) is 74.5 Å². The van der Waals surface area contributed by atoms with Gasteiger partial charge in [0.15, 0.2) is 0 Å². The van der Waals surface area contributed by atoms with Gasteiger partial charge in [0, 0.05) is 42.0 Å². The number of alkyl carbamates (subject to hydrolysis) is 1. The Bertz CT molecular complexity index is 1830. The predicted molar refractivity (Wildman–Crippen MR) is 171 cm³/mol. The molecule has 1 aliphatic rings. The molecule has 0 saturated carbocycles. The van der Waals surface area contributed by atoms with Crippen LogP contribution in [0.15, 0.2) is 71.0 Å². The zero-order chi connectivity index (χ0) is 32.5. The van der Waals surface area contributed by atoms with E-state index in [0.717, 1.165) is 29.1 Å². The predicted octanol–water partition coefficient (Wildman–Crippen LogP) is 6.04. The molecule has 238 valence electrons. The third-order valence-electron chi connectivity index (χ3n) is 7.56. The number of likely N-dealkylation sites (tertiary alicyclic amines) is 1. The number of rotatable bonds is 8. The lowest BCUT2D eigenvalue weighted by molar-refractivity contribution is 0.0443. The van der Waals surface area contributed by atoms with Crippen molar-refractivity contribution in [3.63, 3.8) is 0 Å². The molecule has 0 spiro atoms. The van der Waals surface area contributed by atoms with Gasteiger partial charge in [-0.2, -0.15) is 0 Å². The van der Waals surface area contributed by atoms with Crippen molar-refractivity contribution in [1.29, 1.82) is 0 Å². The summed E-state index contributed by atoms with van der Waals surface area (Å²) < 4.78 is 13.5. The normalized spacial score (nSPS) is 16.3. The lowest BCUT2D eigenvalue weighted by atomic mass is 9.92. The Morgan fingerprint density at radius 1 is 1.11 bits per heavy atom. The minimum absolute atomic E-state index is 0.0906. The number of benzene rings is 1. The number of nitrogens with zero attached hydrogens (tertiary/aromatic N) is 7. The Morgan fingerprint density at radius 3 is 2.61 bits per heavy atom. The van der Waals surface area contributed by atoms with Crippen LogP contribution in [-0.4, -0.2) is 58.8 Å². The topological polar surface area (TPSA) is 141 Å². The van der Waals surface area contributed by atoms with Crippen LogP contribution in [0.4, 0.5) is 4.79 Å². The highest BCUT2D eigenvalue weighted by atomic mass is 32.1. The second kappa shape index (κ2) is 12.5. The summed E-state index contributed by atoms with van der Waals surface area (Å²) in [6.07, 6.45) is 6.47. The van der Waals surface area contributed by atoms with Crippen molar-refractivity contribution in [2.24, 2.45) is 0 Å². The number of hydrogen-bond acceptors (Lipinski definition) is 10. The van der Waals surface area contributed by atoms with Gasteiger partial charge in [-0.3, -0.25) is 9.36 Å². The fourth-order valence-electron chi connectivity index (χ4n) is 5.49. The Kier molecular flexibility index (Phi) is 8.43. The van der Waals surface area contributed by atoms with E-state index in [-0.39, 0.29) is 23.7 Å². The molecule has 1 aliphatic heterocycles. The number of thiazole rings is 1. The molecule has 0 bridgehead atoms. The first-order valence-corrected chi connectivity index (χ1v) is 16.0. The Labute approximate surface area is 270 Å². The maximum absolute atomic E-state index is 14.1. The first-order chi connectivity index (χ1) is 22.0. The number of ether oxygens (including phenoxy) is 1. The van der Waals surface area contributed by atoms with E-state index in [9.17, 15) is 9.59 Å². The van der Waals surface area contributed by atoms with Crippen molar-refractivity contribution in [2.45, 2.75) is 71.1 Å². The largest absolute Gasteiger partial charge is 0.444 e. The molecule has 46 heavy (non-hydrogen) atoms. The summed E-state index contributed by atoms with van der Waals surface area (Å²) in [6, 6.07) is 13.0. The molecule has 1 fully saturated rings. The van der Waals surface area contributed by atoms with E-state index in [2.05, 4.69) is 25.5 Å². The molecule has 1 aromatic carbocycles. The second-order valence-electron chi connectivity index (χ2n) is 12.6. The average Bonchev–Trinajstić information content (AvgIpc) is 3.83. The van der Waals surface area contributed by atoms with Crippen molar-refractivity contribution in [2.75, 3.05) is 6.54 Å². The van der Waals surface area contributed by atoms with E-state index in [1.807, 2.05) is 47.5 Å². The van der Waals surface area contributed by atoms with Gasteiger partial charge in [0.1, 0.15) is 34.0 Å². The molecular weight excluding hydrogens is 604 g/mol. The number of carbonyl (C=O) groups excluding carboxylic acids is 2. The Balaban J connectivity index is 1.36. The fourth-order valence-corrected chi connectivity index (χ4v) is 6.43. The number of aromatic nitrogens is 6. The molecule has 12 nitrogen and oxygen atoms in total. The van der Waals surface area contributed by atoms with Crippen LogP contribution in [0.5, 0.6) is 0 Å². The number of amides is 2. The first-order valence-electron chi connectivity index (χ1n) is 15.1.